The fourth-order valence-electron chi connectivity index (χ4n) is 1.81. The molecule has 1 aromatic carbocycles. The monoisotopic (exact) mass is 227 g/mol. The molecule has 0 bridgehead atoms. The topological polar surface area (TPSA) is 37.8 Å². The van der Waals surface area contributed by atoms with Crippen LogP contribution in [-0.2, 0) is 0 Å². The van der Waals surface area contributed by atoms with E-state index < -0.39 is 0 Å². The molecule has 0 aliphatic rings. The highest BCUT2D eigenvalue weighted by Gasteiger charge is 2.06. The summed E-state index contributed by atoms with van der Waals surface area (Å²) in [5.74, 6) is 0.693. The van der Waals surface area contributed by atoms with Crippen LogP contribution in [0.25, 0.3) is 0 Å². The molecule has 88 valence electrons. The Morgan fingerprint density at radius 1 is 1.00 bits per heavy atom. The SMILES string of the molecule is Cc1cc(C)nc(NC(C)c2ccccc2)n1. The van der Waals surface area contributed by atoms with E-state index in [4.69, 9.17) is 0 Å². The van der Waals surface area contributed by atoms with Gasteiger partial charge in [0.05, 0.1) is 6.04 Å². The Labute approximate surface area is 102 Å². The number of aryl methyl sites for hydroxylation is 2. The van der Waals surface area contributed by atoms with Crippen molar-refractivity contribution in [3.05, 3.63) is 53.3 Å². The van der Waals surface area contributed by atoms with Gasteiger partial charge in [-0.15, -0.1) is 0 Å². The number of hydrogen-bond acceptors (Lipinski definition) is 3. The molecule has 0 amide bonds. The number of nitrogens with zero attached hydrogens (tertiary/aromatic N) is 2. The van der Waals surface area contributed by atoms with Gasteiger partial charge in [0.15, 0.2) is 0 Å². The zero-order chi connectivity index (χ0) is 12.3. The maximum absolute atomic E-state index is 4.38. The molecule has 1 atom stereocenters. The molecule has 0 fully saturated rings. The summed E-state index contributed by atoms with van der Waals surface area (Å²) in [6.07, 6.45) is 0. The van der Waals surface area contributed by atoms with E-state index in [0.717, 1.165) is 11.4 Å². The van der Waals surface area contributed by atoms with E-state index >= 15 is 0 Å². The summed E-state index contributed by atoms with van der Waals surface area (Å²) in [5, 5.41) is 3.32. The maximum Gasteiger partial charge on any atom is 0.223 e. The average Bonchev–Trinajstić information content (AvgIpc) is 2.28. The van der Waals surface area contributed by atoms with E-state index in [0.29, 0.717) is 5.95 Å². The number of nitrogens with one attached hydrogen (secondary N) is 1. The number of rotatable bonds is 3. The minimum atomic E-state index is 0.206. The zero-order valence-electron chi connectivity index (χ0n) is 10.4. The second-order valence-electron chi connectivity index (χ2n) is 4.25. The number of aromatic nitrogens is 2. The lowest BCUT2D eigenvalue weighted by Crippen LogP contribution is -2.10. The van der Waals surface area contributed by atoms with Crippen LogP contribution in [0.3, 0.4) is 0 Å². The third-order valence-electron chi connectivity index (χ3n) is 2.63. The Balaban J connectivity index is 2.16. The van der Waals surface area contributed by atoms with Crippen LogP contribution < -0.4 is 5.32 Å². The highest BCUT2D eigenvalue weighted by atomic mass is 15.1. The average molecular weight is 227 g/mol. The first kappa shape index (κ1) is 11.6. The number of anilines is 1. The van der Waals surface area contributed by atoms with Crippen molar-refractivity contribution in [1.82, 2.24) is 9.97 Å². The summed E-state index contributed by atoms with van der Waals surface area (Å²) >= 11 is 0. The first-order valence-electron chi connectivity index (χ1n) is 5.79. The van der Waals surface area contributed by atoms with E-state index in [1.54, 1.807) is 0 Å². The minimum absolute atomic E-state index is 0.206. The number of hydrogen-bond donors (Lipinski definition) is 1. The molecule has 1 heterocycles. The third kappa shape index (κ3) is 3.03. The minimum Gasteiger partial charge on any atom is -0.348 e. The standard InChI is InChI=1S/C14H17N3/c1-10-9-11(2)16-14(15-10)17-12(3)13-7-5-4-6-8-13/h4-9,12H,1-3H3,(H,15,16,17). The van der Waals surface area contributed by atoms with Crippen LogP contribution in [0.1, 0.15) is 29.9 Å². The molecule has 17 heavy (non-hydrogen) atoms. The fourth-order valence-corrected chi connectivity index (χ4v) is 1.81. The molecular weight excluding hydrogens is 210 g/mol. The summed E-state index contributed by atoms with van der Waals surface area (Å²) in [6, 6.07) is 12.5. The summed E-state index contributed by atoms with van der Waals surface area (Å²) < 4.78 is 0. The van der Waals surface area contributed by atoms with Crippen molar-refractivity contribution in [3.63, 3.8) is 0 Å². The first-order chi connectivity index (χ1) is 8.15. The molecule has 0 aliphatic heterocycles. The van der Waals surface area contributed by atoms with E-state index in [-0.39, 0.29) is 6.04 Å². The highest BCUT2D eigenvalue weighted by molar-refractivity contribution is 5.33. The van der Waals surface area contributed by atoms with Gasteiger partial charge in [-0.2, -0.15) is 0 Å². The smallest absolute Gasteiger partial charge is 0.223 e. The van der Waals surface area contributed by atoms with E-state index in [2.05, 4.69) is 34.3 Å². The van der Waals surface area contributed by atoms with Gasteiger partial charge in [0.2, 0.25) is 5.95 Å². The maximum atomic E-state index is 4.38. The summed E-state index contributed by atoms with van der Waals surface area (Å²) in [7, 11) is 0. The van der Waals surface area contributed by atoms with Gasteiger partial charge in [-0.1, -0.05) is 30.3 Å². The molecule has 1 unspecified atom stereocenters. The number of benzene rings is 1. The molecule has 0 saturated carbocycles. The molecule has 0 spiro atoms. The molecule has 1 N–H and O–H groups in total. The molecule has 0 radical (unpaired) electrons. The lowest BCUT2D eigenvalue weighted by molar-refractivity contribution is 0.853. The Morgan fingerprint density at radius 2 is 1.59 bits per heavy atom. The van der Waals surface area contributed by atoms with Crippen LogP contribution in [-0.4, -0.2) is 9.97 Å². The fraction of sp³-hybridized carbons (Fsp3) is 0.286. The van der Waals surface area contributed by atoms with Gasteiger partial charge in [-0.3, -0.25) is 0 Å². The Hall–Kier alpha value is -1.90. The van der Waals surface area contributed by atoms with Crippen molar-refractivity contribution in [2.75, 3.05) is 5.32 Å². The van der Waals surface area contributed by atoms with Crippen molar-refractivity contribution >= 4 is 5.95 Å². The van der Waals surface area contributed by atoms with Crippen molar-refractivity contribution in [3.8, 4) is 0 Å². The zero-order valence-corrected chi connectivity index (χ0v) is 10.4. The largest absolute Gasteiger partial charge is 0.348 e. The Morgan fingerprint density at radius 3 is 2.18 bits per heavy atom. The van der Waals surface area contributed by atoms with Gasteiger partial charge in [0.25, 0.3) is 0 Å². The predicted molar refractivity (Wildman–Crippen MR) is 70.0 cm³/mol. The Bertz CT molecular complexity index is 474. The Kier molecular flexibility index (Phi) is 3.38. The first-order valence-corrected chi connectivity index (χ1v) is 5.79. The molecular formula is C14H17N3. The van der Waals surface area contributed by atoms with Crippen LogP contribution in [0.4, 0.5) is 5.95 Å². The predicted octanol–water partition coefficient (Wildman–Crippen LogP) is 3.27. The van der Waals surface area contributed by atoms with Crippen molar-refractivity contribution in [2.45, 2.75) is 26.8 Å². The van der Waals surface area contributed by atoms with E-state index in [1.165, 1.54) is 5.56 Å². The van der Waals surface area contributed by atoms with Crippen LogP contribution in [0.15, 0.2) is 36.4 Å². The van der Waals surface area contributed by atoms with Crippen LogP contribution in [0, 0.1) is 13.8 Å². The molecule has 2 rings (SSSR count). The lowest BCUT2D eigenvalue weighted by Gasteiger charge is -2.14. The van der Waals surface area contributed by atoms with Crippen LogP contribution in [0.5, 0.6) is 0 Å². The van der Waals surface area contributed by atoms with Crippen molar-refractivity contribution in [1.29, 1.82) is 0 Å². The quantitative estimate of drug-likeness (QED) is 0.874. The van der Waals surface area contributed by atoms with Gasteiger partial charge >= 0.3 is 0 Å². The second kappa shape index (κ2) is 4.95. The molecule has 1 aromatic heterocycles. The van der Waals surface area contributed by atoms with E-state index in [1.807, 2.05) is 38.1 Å². The van der Waals surface area contributed by atoms with E-state index in [9.17, 15) is 0 Å². The van der Waals surface area contributed by atoms with Crippen LogP contribution >= 0.6 is 0 Å². The van der Waals surface area contributed by atoms with Gasteiger partial charge < -0.3 is 5.32 Å². The van der Waals surface area contributed by atoms with Gasteiger partial charge in [-0.25, -0.2) is 9.97 Å². The van der Waals surface area contributed by atoms with Crippen molar-refractivity contribution < 1.29 is 0 Å². The second-order valence-corrected chi connectivity index (χ2v) is 4.25. The van der Waals surface area contributed by atoms with Crippen molar-refractivity contribution in [2.24, 2.45) is 0 Å². The molecule has 3 nitrogen and oxygen atoms in total. The summed E-state index contributed by atoms with van der Waals surface area (Å²) in [6.45, 7) is 6.07. The molecule has 3 heteroatoms. The summed E-state index contributed by atoms with van der Waals surface area (Å²) in [5.41, 5.74) is 3.20. The normalized spacial score (nSPS) is 12.2. The lowest BCUT2D eigenvalue weighted by atomic mass is 10.1. The highest BCUT2D eigenvalue weighted by Crippen LogP contribution is 2.16. The van der Waals surface area contributed by atoms with Gasteiger partial charge in [0, 0.05) is 11.4 Å². The van der Waals surface area contributed by atoms with Gasteiger partial charge in [-0.05, 0) is 32.4 Å². The third-order valence-corrected chi connectivity index (χ3v) is 2.63. The van der Waals surface area contributed by atoms with Crippen LogP contribution in [0.2, 0.25) is 0 Å². The molecule has 2 aromatic rings. The van der Waals surface area contributed by atoms with Gasteiger partial charge in [0.1, 0.15) is 0 Å². The molecule has 0 aliphatic carbocycles. The molecule has 0 saturated heterocycles. The summed E-state index contributed by atoms with van der Waals surface area (Å²) in [4.78, 5) is 8.75.